The SMILES string of the molecule is CSc1ncccc1C(=O)NCc1ccc(C(O)c2ccccc2)s1. The Morgan fingerprint density at radius 1 is 1.20 bits per heavy atom. The minimum absolute atomic E-state index is 0.143. The molecule has 25 heavy (non-hydrogen) atoms. The average molecular weight is 370 g/mol. The standard InChI is InChI=1S/C19H18N2O2S2/c1-24-19-15(8-5-11-20-19)18(23)21-12-14-9-10-16(25-14)17(22)13-6-3-2-4-7-13/h2-11,17,22H,12H2,1H3,(H,21,23). The van der Waals surface area contributed by atoms with Crippen LogP contribution in [0.3, 0.4) is 0 Å². The quantitative estimate of drug-likeness (QED) is 0.647. The first-order valence-electron chi connectivity index (χ1n) is 7.78. The lowest BCUT2D eigenvalue weighted by Gasteiger charge is -2.08. The molecule has 1 atom stereocenters. The fourth-order valence-corrected chi connectivity index (χ4v) is 3.94. The van der Waals surface area contributed by atoms with E-state index in [0.717, 1.165) is 15.3 Å². The maximum atomic E-state index is 12.4. The Bertz CT molecular complexity index is 849. The third kappa shape index (κ3) is 4.28. The number of hydrogen-bond donors (Lipinski definition) is 2. The third-order valence-electron chi connectivity index (χ3n) is 3.70. The number of thiophene rings is 1. The molecular weight excluding hydrogens is 352 g/mol. The number of thioether (sulfide) groups is 1. The van der Waals surface area contributed by atoms with Crippen LogP contribution < -0.4 is 5.32 Å². The van der Waals surface area contributed by atoms with Crippen LogP contribution in [-0.2, 0) is 6.54 Å². The molecule has 0 saturated carbocycles. The van der Waals surface area contributed by atoms with E-state index in [2.05, 4.69) is 10.3 Å². The molecule has 0 aliphatic carbocycles. The second-order valence-electron chi connectivity index (χ2n) is 5.36. The van der Waals surface area contributed by atoms with Crippen LogP contribution in [0.1, 0.15) is 31.8 Å². The van der Waals surface area contributed by atoms with Crippen LogP contribution in [0.2, 0.25) is 0 Å². The van der Waals surface area contributed by atoms with Crippen molar-refractivity contribution in [3.05, 3.63) is 81.7 Å². The van der Waals surface area contributed by atoms with Crippen molar-refractivity contribution < 1.29 is 9.90 Å². The molecule has 0 spiro atoms. The Kier molecular flexibility index (Phi) is 5.86. The number of nitrogens with zero attached hydrogens (tertiary/aromatic N) is 1. The monoisotopic (exact) mass is 370 g/mol. The summed E-state index contributed by atoms with van der Waals surface area (Å²) in [7, 11) is 0. The summed E-state index contributed by atoms with van der Waals surface area (Å²) in [6.45, 7) is 0.424. The van der Waals surface area contributed by atoms with Gasteiger partial charge in [-0.1, -0.05) is 30.3 Å². The van der Waals surface area contributed by atoms with Crippen molar-refractivity contribution >= 4 is 29.0 Å². The zero-order valence-corrected chi connectivity index (χ0v) is 15.3. The molecule has 2 heterocycles. The second-order valence-corrected chi connectivity index (χ2v) is 7.36. The van der Waals surface area contributed by atoms with Gasteiger partial charge in [0.25, 0.3) is 5.91 Å². The lowest BCUT2D eigenvalue weighted by atomic mass is 10.1. The van der Waals surface area contributed by atoms with Gasteiger partial charge in [-0.25, -0.2) is 4.98 Å². The maximum absolute atomic E-state index is 12.4. The van der Waals surface area contributed by atoms with Crippen LogP contribution in [0.15, 0.2) is 65.8 Å². The van der Waals surface area contributed by atoms with Gasteiger partial charge in [-0.2, -0.15) is 0 Å². The van der Waals surface area contributed by atoms with Crippen molar-refractivity contribution in [1.29, 1.82) is 0 Å². The molecule has 1 unspecified atom stereocenters. The lowest BCUT2D eigenvalue weighted by Crippen LogP contribution is -2.23. The zero-order chi connectivity index (χ0) is 17.6. The molecule has 0 aliphatic heterocycles. The number of carbonyl (C=O) groups excluding carboxylic acids is 1. The number of aliphatic hydroxyl groups excluding tert-OH is 1. The summed E-state index contributed by atoms with van der Waals surface area (Å²) in [5.41, 5.74) is 1.44. The predicted octanol–water partition coefficient (Wildman–Crippen LogP) is 3.88. The number of amides is 1. The number of aromatic nitrogens is 1. The molecule has 1 aromatic carbocycles. The summed E-state index contributed by atoms with van der Waals surface area (Å²) >= 11 is 2.95. The van der Waals surface area contributed by atoms with Gasteiger partial charge in [-0.3, -0.25) is 4.79 Å². The number of pyridine rings is 1. The van der Waals surface area contributed by atoms with Crippen LogP contribution >= 0.6 is 23.1 Å². The second kappa shape index (κ2) is 8.29. The molecule has 1 amide bonds. The van der Waals surface area contributed by atoms with Gasteiger partial charge in [0.2, 0.25) is 0 Å². The van der Waals surface area contributed by atoms with Gasteiger partial charge in [0.05, 0.1) is 12.1 Å². The van der Waals surface area contributed by atoms with E-state index in [1.807, 2.05) is 48.7 Å². The van der Waals surface area contributed by atoms with Crippen molar-refractivity contribution in [3.8, 4) is 0 Å². The van der Waals surface area contributed by atoms with Crippen molar-refractivity contribution in [2.24, 2.45) is 0 Å². The Hall–Kier alpha value is -2.15. The minimum atomic E-state index is -0.642. The van der Waals surface area contributed by atoms with Gasteiger partial charge in [-0.05, 0) is 36.1 Å². The van der Waals surface area contributed by atoms with E-state index in [4.69, 9.17) is 0 Å². The Morgan fingerprint density at radius 3 is 2.76 bits per heavy atom. The van der Waals surface area contributed by atoms with E-state index in [0.29, 0.717) is 17.1 Å². The van der Waals surface area contributed by atoms with E-state index < -0.39 is 6.10 Å². The average Bonchev–Trinajstić information content (AvgIpc) is 3.15. The van der Waals surface area contributed by atoms with Gasteiger partial charge >= 0.3 is 0 Å². The highest BCUT2D eigenvalue weighted by atomic mass is 32.2. The number of hydrogen-bond acceptors (Lipinski definition) is 5. The van der Waals surface area contributed by atoms with Crippen LogP contribution in [0.25, 0.3) is 0 Å². The van der Waals surface area contributed by atoms with Crippen molar-refractivity contribution in [2.75, 3.05) is 6.26 Å². The molecular formula is C19H18N2O2S2. The van der Waals surface area contributed by atoms with Crippen LogP contribution in [-0.4, -0.2) is 22.3 Å². The minimum Gasteiger partial charge on any atom is -0.383 e. The van der Waals surface area contributed by atoms with Gasteiger partial charge in [0.15, 0.2) is 0 Å². The molecule has 0 radical (unpaired) electrons. The summed E-state index contributed by atoms with van der Waals surface area (Å²) in [4.78, 5) is 18.4. The molecule has 0 fully saturated rings. The Labute approximate surface area is 154 Å². The molecule has 4 nitrogen and oxygen atoms in total. The fraction of sp³-hybridized carbons (Fsp3) is 0.158. The van der Waals surface area contributed by atoms with E-state index in [-0.39, 0.29) is 5.91 Å². The third-order valence-corrected chi connectivity index (χ3v) is 5.55. The number of rotatable bonds is 6. The lowest BCUT2D eigenvalue weighted by molar-refractivity contribution is 0.0947. The van der Waals surface area contributed by atoms with Crippen molar-refractivity contribution in [2.45, 2.75) is 17.7 Å². The van der Waals surface area contributed by atoms with Crippen molar-refractivity contribution in [3.63, 3.8) is 0 Å². The molecule has 3 rings (SSSR count). The van der Waals surface area contributed by atoms with Gasteiger partial charge < -0.3 is 10.4 Å². The van der Waals surface area contributed by atoms with Crippen LogP contribution in [0.5, 0.6) is 0 Å². The van der Waals surface area contributed by atoms with E-state index in [9.17, 15) is 9.90 Å². The molecule has 3 aromatic rings. The highest BCUT2D eigenvalue weighted by Gasteiger charge is 2.14. The highest BCUT2D eigenvalue weighted by molar-refractivity contribution is 7.98. The first kappa shape index (κ1) is 17.7. The smallest absolute Gasteiger partial charge is 0.254 e. The highest BCUT2D eigenvalue weighted by Crippen LogP contribution is 2.28. The van der Waals surface area contributed by atoms with Gasteiger partial charge in [-0.15, -0.1) is 23.1 Å². The summed E-state index contributed by atoms with van der Waals surface area (Å²) in [6.07, 6.45) is 2.94. The largest absolute Gasteiger partial charge is 0.383 e. The van der Waals surface area contributed by atoms with E-state index in [1.54, 1.807) is 18.3 Å². The normalized spacial score (nSPS) is 11.9. The molecule has 6 heteroatoms. The summed E-state index contributed by atoms with van der Waals surface area (Å²) in [5, 5.41) is 14.1. The van der Waals surface area contributed by atoms with Crippen LogP contribution in [0.4, 0.5) is 0 Å². The first-order valence-corrected chi connectivity index (χ1v) is 9.82. The number of carbonyl (C=O) groups is 1. The van der Waals surface area contributed by atoms with Gasteiger partial charge in [0.1, 0.15) is 11.1 Å². The molecule has 0 bridgehead atoms. The summed E-state index contributed by atoms with van der Waals surface area (Å²) < 4.78 is 0. The molecule has 2 N–H and O–H groups in total. The Morgan fingerprint density at radius 2 is 2.00 bits per heavy atom. The van der Waals surface area contributed by atoms with E-state index >= 15 is 0 Å². The van der Waals surface area contributed by atoms with Crippen molar-refractivity contribution in [1.82, 2.24) is 10.3 Å². The fourth-order valence-electron chi connectivity index (χ4n) is 2.42. The van der Waals surface area contributed by atoms with Crippen LogP contribution in [0, 0.1) is 0 Å². The summed E-state index contributed by atoms with van der Waals surface area (Å²) in [5.74, 6) is -0.143. The van der Waals surface area contributed by atoms with Gasteiger partial charge in [0, 0.05) is 16.0 Å². The molecule has 128 valence electrons. The first-order chi connectivity index (χ1) is 12.2. The molecule has 0 saturated heterocycles. The topological polar surface area (TPSA) is 62.2 Å². The number of nitrogens with one attached hydrogen (secondary N) is 1. The zero-order valence-electron chi connectivity index (χ0n) is 13.7. The summed E-state index contributed by atoms with van der Waals surface area (Å²) in [6, 6.07) is 16.9. The predicted molar refractivity (Wildman–Crippen MR) is 102 cm³/mol. The number of aliphatic hydroxyl groups is 1. The van der Waals surface area contributed by atoms with E-state index in [1.165, 1.54) is 23.1 Å². The number of benzene rings is 1. The Balaban J connectivity index is 1.65. The molecule has 0 aliphatic rings. The molecule has 2 aromatic heterocycles. The maximum Gasteiger partial charge on any atom is 0.254 e.